The van der Waals surface area contributed by atoms with Gasteiger partial charge in [-0.15, -0.1) is 0 Å². The van der Waals surface area contributed by atoms with Crippen LogP contribution in [-0.2, 0) is 16.8 Å². The standard InChI is InChI=1S/C25H32N2O3/c1-18-5-3-7-22(15-18)25(30)10-13-26(14-11-25)17-24(29)21-8-9-23-20(16-21)6-4-12-27(23)19(2)28/h3,5,7-9,15-16,24,29-30H,4,6,10-14,17H2,1-2H3/t24-/m1/s1. The SMILES string of the molecule is CC(=O)N1CCCc2cc([C@H](O)CN3CCC(O)(c4cccc(C)c4)CC3)ccc21. The Morgan fingerprint density at radius 2 is 1.90 bits per heavy atom. The molecule has 2 N–H and O–H groups in total. The first-order valence-electron chi connectivity index (χ1n) is 11.0. The Bertz CT molecular complexity index is 918. The number of β-amino-alcohol motifs (C(OH)–C–C–N with tert-alkyl or cyclic N) is 1. The van der Waals surface area contributed by atoms with Crippen LogP contribution in [0.3, 0.4) is 0 Å². The minimum atomic E-state index is -0.782. The highest BCUT2D eigenvalue weighted by Crippen LogP contribution is 2.34. The Morgan fingerprint density at radius 3 is 2.60 bits per heavy atom. The number of carbonyl (C=O) groups is 1. The van der Waals surface area contributed by atoms with Gasteiger partial charge in [-0.1, -0.05) is 42.0 Å². The summed E-state index contributed by atoms with van der Waals surface area (Å²) in [4.78, 5) is 15.9. The van der Waals surface area contributed by atoms with E-state index in [2.05, 4.69) is 17.0 Å². The van der Waals surface area contributed by atoms with E-state index in [9.17, 15) is 15.0 Å². The zero-order valence-electron chi connectivity index (χ0n) is 18.0. The second kappa shape index (κ2) is 8.50. The van der Waals surface area contributed by atoms with Crippen LogP contribution in [0.2, 0.25) is 0 Å². The van der Waals surface area contributed by atoms with Gasteiger partial charge in [0.2, 0.25) is 5.91 Å². The number of aliphatic hydroxyl groups excluding tert-OH is 1. The second-order valence-electron chi connectivity index (χ2n) is 8.88. The molecule has 160 valence electrons. The summed E-state index contributed by atoms with van der Waals surface area (Å²) in [5.41, 5.74) is 4.39. The summed E-state index contributed by atoms with van der Waals surface area (Å²) in [6.45, 7) is 6.48. The quantitative estimate of drug-likeness (QED) is 0.815. The van der Waals surface area contributed by atoms with E-state index in [-0.39, 0.29) is 5.91 Å². The van der Waals surface area contributed by atoms with Crippen molar-refractivity contribution in [3.63, 3.8) is 0 Å². The Morgan fingerprint density at radius 1 is 1.13 bits per heavy atom. The maximum Gasteiger partial charge on any atom is 0.223 e. The topological polar surface area (TPSA) is 64.0 Å². The molecule has 0 aromatic heterocycles. The zero-order valence-corrected chi connectivity index (χ0v) is 18.0. The van der Waals surface area contributed by atoms with E-state index in [1.54, 1.807) is 6.92 Å². The van der Waals surface area contributed by atoms with Crippen LogP contribution in [-0.4, -0.2) is 47.2 Å². The number of piperidine rings is 1. The molecule has 1 amide bonds. The molecule has 2 aromatic carbocycles. The highest BCUT2D eigenvalue weighted by atomic mass is 16.3. The Hall–Kier alpha value is -2.21. The molecule has 0 unspecified atom stereocenters. The molecule has 1 saturated heterocycles. The number of hydrogen-bond acceptors (Lipinski definition) is 4. The van der Waals surface area contributed by atoms with E-state index in [4.69, 9.17) is 0 Å². The molecule has 0 bridgehead atoms. The maximum absolute atomic E-state index is 11.9. The lowest BCUT2D eigenvalue weighted by molar-refractivity contribution is -0.116. The number of rotatable bonds is 4. The summed E-state index contributed by atoms with van der Waals surface area (Å²) in [6, 6.07) is 14.1. The number of carbonyl (C=O) groups excluding carboxylic acids is 1. The molecule has 2 aromatic rings. The maximum atomic E-state index is 11.9. The molecular weight excluding hydrogens is 376 g/mol. The molecule has 0 aliphatic carbocycles. The highest BCUT2D eigenvalue weighted by molar-refractivity contribution is 5.92. The van der Waals surface area contributed by atoms with Gasteiger partial charge in [0.1, 0.15) is 0 Å². The van der Waals surface area contributed by atoms with E-state index in [0.717, 1.165) is 60.4 Å². The van der Waals surface area contributed by atoms with Crippen molar-refractivity contribution in [3.05, 3.63) is 64.7 Å². The first kappa shape index (κ1) is 21.0. The smallest absolute Gasteiger partial charge is 0.223 e. The van der Waals surface area contributed by atoms with E-state index in [1.807, 2.05) is 42.2 Å². The first-order valence-corrected chi connectivity index (χ1v) is 11.0. The molecule has 4 rings (SSSR count). The van der Waals surface area contributed by atoms with E-state index in [1.165, 1.54) is 0 Å². The summed E-state index contributed by atoms with van der Waals surface area (Å²) >= 11 is 0. The number of nitrogens with zero attached hydrogens (tertiary/aromatic N) is 2. The van der Waals surface area contributed by atoms with Gasteiger partial charge in [-0.3, -0.25) is 4.79 Å². The molecule has 5 nitrogen and oxygen atoms in total. The van der Waals surface area contributed by atoms with Crippen LogP contribution in [0.5, 0.6) is 0 Å². The Labute approximate surface area is 178 Å². The fraction of sp³-hybridized carbons (Fsp3) is 0.480. The number of aryl methyl sites for hydroxylation is 2. The van der Waals surface area contributed by atoms with Crippen molar-refractivity contribution >= 4 is 11.6 Å². The van der Waals surface area contributed by atoms with Crippen molar-refractivity contribution in [1.29, 1.82) is 0 Å². The van der Waals surface area contributed by atoms with Crippen molar-refractivity contribution in [1.82, 2.24) is 4.90 Å². The summed E-state index contributed by atoms with van der Waals surface area (Å²) in [5.74, 6) is 0.0682. The van der Waals surface area contributed by atoms with Gasteiger partial charge < -0.3 is 20.0 Å². The second-order valence-corrected chi connectivity index (χ2v) is 8.88. The van der Waals surface area contributed by atoms with Gasteiger partial charge in [-0.05, 0) is 55.4 Å². The average molecular weight is 409 g/mol. The largest absolute Gasteiger partial charge is 0.387 e. The van der Waals surface area contributed by atoms with Crippen molar-refractivity contribution < 1.29 is 15.0 Å². The zero-order chi connectivity index (χ0) is 21.3. The van der Waals surface area contributed by atoms with Gasteiger partial charge in [0, 0.05) is 38.8 Å². The third-order valence-electron chi connectivity index (χ3n) is 6.66. The number of anilines is 1. The van der Waals surface area contributed by atoms with Gasteiger partial charge >= 0.3 is 0 Å². The van der Waals surface area contributed by atoms with Crippen LogP contribution in [0.25, 0.3) is 0 Å². The summed E-state index contributed by atoms with van der Waals surface area (Å²) in [7, 11) is 0. The predicted molar refractivity (Wildman–Crippen MR) is 118 cm³/mol. The minimum Gasteiger partial charge on any atom is -0.387 e. The third-order valence-corrected chi connectivity index (χ3v) is 6.66. The van der Waals surface area contributed by atoms with Crippen LogP contribution in [0.4, 0.5) is 5.69 Å². The van der Waals surface area contributed by atoms with Gasteiger partial charge in [0.05, 0.1) is 11.7 Å². The fourth-order valence-electron chi connectivity index (χ4n) is 4.83. The molecule has 0 saturated carbocycles. The van der Waals surface area contributed by atoms with Crippen molar-refractivity contribution in [2.45, 2.75) is 51.2 Å². The summed E-state index contributed by atoms with van der Waals surface area (Å²) < 4.78 is 0. The van der Waals surface area contributed by atoms with Crippen LogP contribution >= 0.6 is 0 Å². The van der Waals surface area contributed by atoms with Gasteiger partial charge in [0.25, 0.3) is 0 Å². The summed E-state index contributed by atoms with van der Waals surface area (Å²) in [6.07, 6.45) is 2.65. The lowest BCUT2D eigenvalue weighted by Crippen LogP contribution is -2.44. The molecule has 2 aliphatic rings. The Balaban J connectivity index is 1.39. The van der Waals surface area contributed by atoms with Gasteiger partial charge in [0.15, 0.2) is 0 Å². The molecule has 1 fully saturated rings. The number of hydrogen-bond donors (Lipinski definition) is 2. The number of benzene rings is 2. The molecule has 2 heterocycles. The molecule has 1 atom stereocenters. The lowest BCUT2D eigenvalue weighted by Gasteiger charge is -2.39. The van der Waals surface area contributed by atoms with E-state index >= 15 is 0 Å². The van der Waals surface area contributed by atoms with Gasteiger partial charge in [-0.2, -0.15) is 0 Å². The molecule has 2 aliphatic heterocycles. The van der Waals surface area contributed by atoms with E-state index in [0.29, 0.717) is 19.4 Å². The summed E-state index contributed by atoms with van der Waals surface area (Å²) in [5, 5.41) is 22.0. The van der Waals surface area contributed by atoms with Gasteiger partial charge in [-0.25, -0.2) is 0 Å². The number of likely N-dealkylation sites (tertiary alicyclic amines) is 1. The molecular formula is C25H32N2O3. The van der Waals surface area contributed by atoms with Crippen molar-refractivity contribution in [2.24, 2.45) is 0 Å². The predicted octanol–water partition coefficient (Wildman–Crippen LogP) is 3.31. The van der Waals surface area contributed by atoms with Crippen molar-refractivity contribution in [2.75, 3.05) is 31.1 Å². The van der Waals surface area contributed by atoms with Crippen molar-refractivity contribution in [3.8, 4) is 0 Å². The molecule has 0 spiro atoms. The molecule has 5 heteroatoms. The first-order chi connectivity index (χ1) is 14.4. The number of aliphatic hydroxyl groups is 2. The average Bonchev–Trinajstić information content (AvgIpc) is 2.74. The highest BCUT2D eigenvalue weighted by Gasteiger charge is 2.34. The van der Waals surface area contributed by atoms with Crippen LogP contribution < -0.4 is 4.90 Å². The molecule has 0 radical (unpaired) electrons. The number of amides is 1. The van der Waals surface area contributed by atoms with Crippen LogP contribution in [0.15, 0.2) is 42.5 Å². The van der Waals surface area contributed by atoms with Crippen LogP contribution in [0, 0.1) is 6.92 Å². The molecule has 30 heavy (non-hydrogen) atoms. The van der Waals surface area contributed by atoms with Crippen LogP contribution in [0.1, 0.15) is 54.5 Å². The van der Waals surface area contributed by atoms with E-state index < -0.39 is 11.7 Å². The third kappa shape index (κ3) is 4.29. The Kier molecular flexibility index (Phi) is 5.96. The monoisotopic (exact) mass is 408 g/mol. The fourth-order valence-corrected chi connectivity index (χ4v) is 4.83. The lowest BCUT2D eigenvalue weighted by atomic mass is 9.83. The minimum absolute atomic E-state index is 0.0682. The number of fused-ring (bicyclic) bond motifs is 1. The normalized spacial score (nSPS) is 19.9.